The smallest absolute Gasteiger partial charge is 0.205 e. The minimum absolute atomic E-state index is 0.100. The summed E-state index contributed by atoms with van der Waals surface area (Å²) in [5, 5.41) is 10.2. The van der Waals surface area contributed by atoms with Crippen molar-refractivity contribution < 1.29 is 23.7 Å². The van der Waals surface area contributed by atoms with Crippen molar-refractivity contribution in [2.45, 2.75) is 30.8 Å². The summed E-state index contributed by atoms with van der Waals surface area (Å²) in [7, 11) is 8.63. The van der Waals surface area contributed by atoms with E-state index < -0.39 is 5.92 Å². The Balaban J connectivity index is 1.74. The molecule has 0 amide bonds. The molecule has 192 valence electrons. The van der Waals surface area contributed by atoms with Crippen LogP contribution in [0.1, 0.15) is 29.9 Å². The Morgan fingerprint density at radius 2 is 1.59 bits per heavy atom. The number of nitrogens with zero attached hydrogens (tertiary/aromatic N) is 2. The van der Waals surface area contributed by atoms with Gasteiger partial charge in [-0.2, -0.15) is 5.26 Å². The molecule has 3 heterocycles. The number of ether oxygens (including phenoxy) is 5. The second-order valence-electron chi connectivity index (χ2n) is 9.30. The maximum atomic E-state index is 10.2. The first-order chi connectivity index (χ1) is 17.9. The molecule has 0 radical (unpaired) electrons. The van der Waals surface area contributed by atoms with Gasteiger partial charge in [0, 0.05) is 46.5 Å². The second-order valence-corrected chi connectivity index (χ2v) is 9.30. The molecule has 3 atom stereocenters. The molecule has 0 saturated carbocycles. The lowest BCUT2D eigenvalue weighted by Gasteiger charge is -2.42. The predicted molar refractivity (Wildman–Crippen MR) is 139 cm³/mol. The quantitative estimate of drug-likeness (QED) is 0.624. The number of fused-ring (bicyclic) bond motifs is 3. The Bertz CT molecular complexity index is 1370. The van der Waals surface area contributed by atoms with E-state index >= 15 is 0 Å². The lowest BCUT2D eigenvalue weighted by Crippen LogP contribution is -2.43. The Kier molecular flexibility index (Phi) is 6.48. The normalized spacial score (nSPS) is 23.9. The number of nitrogens with two attached hydrogens (primary N) is 1. The van der Waals surface area contributed by atoms with Gasteiger partial charge in [0.1, 0.15) is 40.4 Å². The molecule has 2 aromatic rings. The first-order valence-electron chi connectivity index (χ1n) is 12.1. The highest BCUT2D eigenvalue weighted by Gasteiger charge is 2.49. The number of allylic oxidation sites excluding steroid dienone is 1. The number of likely N-dealkylation sites (N-methyl/N-ethyl adjacent to an activating group) is 1. The first kappa shape index (κ1) is 24.6. The van der Waals surface area contributed by atoms with Gasteiger partial charge in [0.2, 0.25) is 5.88 Å². The van der Waals surface area contributed by atoms with Gasteiger partial charge in [-0.1, -0.05) is 6.07 Å². The molecule has 2 aromatic carbocycles. The summed E-state index contributed by atoms with van der Waals surface area (Å²) in [6.45, 7) is 0. The number of hydrogen-bond donors (Lipinski definition) is 1. The van der Waals surface area contributed by atoms with Gasteiger partial charge in [0.15, 0.2) is 0 Å². The van der Waals surface area contributed by atoms with E-state index in [2.05, 4.69) is 24.1 Å². The molecule has 0 spiro atoms. The number of hydrogen-bond acceptors (Lipinski definition) is 8. The molecule has 8 heteroatoms. The van der Waals surface area contributed by atoms with Crippen molar-refractivity contribution in [3.63, 3.8) is 0 Å². The van der Waals surface area contributed by atoms with Gasteiger partial charge in [-0.3, -0.25) is 4.90 Å². The Morgan fingerprint density at radius 1 is 0.946 bits per heavy atom. The van der Waals surface area contributed by atoms with E-state index in [0.717, 1.165) is 40.9 Å². The largest absolute Gasteiger partial charge is 0.497 e. The summed E-state index contributed by atoms with van der Waals surface area (Å²) < 4.78 is 28.5. The van der Waals surface area contributed by atoms with Crippen LogP contribution in [0, 0.1) is 11.3 Å². The third kappa shape index (κ3) is 3.96. The summed E-state index contributed by atoms with van der Waals surface area (Å²) in [5.41, 5.74) is 10.6. The second kappa shape index (κ2) is 9.75. The maximum Gasteiger partial charge on any atom is 0.205 e. The third-order valence-corrected chi connectivity index (χ3v) is 7.64. The van der Waals surface area contributed by atoms with Gasteiger partial charge in [-0.15, -0.1) is 0 Å². The highest BCUT2D eigenvalue weighted by Crippen LogP contribution is 2.53. The lowest BCUT2D eigenvalue weighted by molar-refractivity contribution is 0.208. The zero-order chi connectivity index (χ0) is 26.3. The van der Waals surface area contributed by atoms with Crippen molar-refractivity contribution >= 4 is 6.08 Å². The molecule has 1 saturated heterocycles. The van der Waals surface area contributed by atoms with Crippen molar-refractivity contribution in [3.8, 4) is 29.1 Å². The van der Waals surface area contributed by atoms with Gasteiger partial charge in [-0.25, -0.2) is 0 Å². The summed E-state index contributed by atoms with van der Waals surface area (Å²) in [4.78, 5) is 2.36. The summed E-state index contributed by atoms with van der Waals surface area (Å²) in [6.07, 6.45) is 3.99. The Hall–Kier alpha value is -4.09. The van der Waals surface area contributed by atoms with Crippen LogP contribution in [0.25, 0.3) is 6.08 Å². The van der Waals surface area contributed by atoms with Crippen LogP contribution in [0.2, 0.25) is 0 Å². The van der Waals surface area contributed by atoms with Crippen molar-refractivity contribution in [3.05, 3.63) is 75.9 Å². The highest BCUT2D eigenvalue weighted by atomic mass is 16.5. The molecule has 37 heavy (non-hydrogen) atoms. The van der Waals surface area contributed by atoms with Crippen LogP contribution in [0.5, 0.6) is 23.0 Å². The van der Waals surface area contributed by atoms with Gasteiger partial charge < -0.3 is 29.4 Å². The van der Waals surface area contributed by atoms with E-state index in [1.54, 1.807) is 28.4 Å². The van der Waals surface area contributed by atoms with Crippen LogP contribution in [0.3, 0.4) is 0 Å². The topological polar surface area (TPSA) is 99.2 Å². The van der Waals surface area contributed by atoms with Crippen LogP contribution < -0.4 is 24.7 Å². The average molecular weight is 502 g/mol. The fraction of sp³-hybridized carbons (Fsp3) is 0.345. The van der Waals surface area contributed by atoms with E-state index in [9.17, 15) is 5.26 Å². The number of benzene rings is 2. The molecule has 1 fully saturated rings. The van der Waals surface area contributed by atoms with Crippen LogP contribution in [0.15, 0.2) is 64.8 Å². The Morgan fingerprint density at radius 3 is 2.24 bits per heavy atom. The Labute approximate surface area is 217 Å². The molecular weight excluding hydrogens is 470 g/mol. The van der Waals surface area contributed by atoms with E-state index in [4.69, 9.17) is 29.4 Å². The van der Waals surface area contributed by atoms with Crippen LogP contribution in [-0.2, 0) is 4.74 Å². The van der Waals surface area contributed by atoms with Crippen molar-refractivity contribution in [1.29, 1.82) is 5.26 Å². The highest BCUT2D eigenvalue weighted by molar-refractivity contribution is 5.69. The van der Waals surface area contributed by atoms with Crippen molar-refractivity contribution in [1.82, 2.24) is 4.90 Å². The SMILES string of the molecule is COc1ccc(/C=C2/C3=C([C@@H](c4ccc(OC)cc4OC)C(C#N)=C(N)O3)[C@H]3CCC2N3C)c(OC)c1. The molecule has 0 aliphatic carbocycles. The fourth-order valence-electron chi connectivity index (χ4n) is 5.83. The minimum Gasteiger partial charge on any atom is -0.497 e. The van der Waals surface area contributed by atoms with Crippen LogP contribution >= 0.6 is 0 Å². The van der Waals surface area contributed by atoms with Crippen molar-refractivity contribution in [2.75, 3.05) is 35.5 Å². The van der Waals surface area contributed by atoms with Gasteiger partial charge >= 0.3 is 0 Å². The van der Waals surface area contributed by atoms with Gasteiger partial charge in [-0.05, 0) is 44.2 Å². The average Bonchev–Trinajstić information content (AvgIpc) is 3.22. The lowest BCUT2D eigenvalue weighted by atomic mass is 9.76. The molecule has 8 nitrogen and oxygen atoms in total. The molecule has 2 N–H and O–H groups in total. The van der Waals surface area contributed by atoms with E-state index in [-0.39, 0.29) is 18.0 Å². The molecule has 0 aromatic heterocycles. The van der Waals surface area contributed by atoms with Gasteiger partial charge in [0.05, 0.1) is 34.4 Å². The minimum atomic E-state index is -0.415. The number of rotatable bonds is 6. The van der Waals surface area contributed by atoms with Crippen molar-refractivity contribution in [2.24, 2.45) is 5.73 Å². The number of nitriles is 1. The number of methoxy groups -OCH3 is 4. The predicted octanol–water partition coefficient (Wildman–Crippen LogP) is 4.34. The van der Waals surface area contributed by atoms with E-state index in [1.807, 2.05) is 36.4 Å². The molecule has 1 unspecified atom stereocenters. The maximum absolute atomic E-state index is 10.2. The van der Waals surface area contributed by atoms with Crippen LogP contribution in [0.4, 0.5) is 0 Å². The summed E-state index contributed by atoms with van der Waals surface area (Å²) in [5.74, 6) is 3.13. The standard InChI is InChI=1S/C29H31N3O5/c1-32-22-10-11-23(32)27-26(19-9-8-18(34-3)14-25(19)36-5)21(15-30)29(31)37-28(27)20(22)12-16-6-7-17(33-2)13-24(16)35-4/h6-9,12-14,22-23,26H,10-11,31H2,1-5H3/b20-12+/t22?,23-,26+/m1/s1. The molecule has 2 bridgehead atoms. The molecule has 3 aliphatic rings. The zero-order valence-electron chi connectivity index (χ0n) is 21.7. The summed E-state index contributed by atoms with van der Waals surface area (Å²) >= 11 is 0. The molecule has 5 rings (SSSR count). The first-order valence-corrected chi connectivity index (χ1v) is 12.1. The third-order valence-electron chi connectivity index (χ3n) is 7.64. The molecular formula is C29H31N3O5. The van der Waals surface area contributed by atoms with Gasteiger partial charge in [0.25, 0.3) is 0 Å². The zero-order valence-corrected chi connectivity index (χ0v) is 21.7. The summed E-state index contributed by atoms with van der Waals surface area (Å²) in [6, 6.07) is 14.0. The van der Waals surface area contributed by atoms with E-state index in [1.165, 1.54) is 0 Å². The monoisotopic (exact) mass is 501 g/mol. The molecule has 3 aliphatic heterocycles. The van der Waals surface area contributed by atoms with E-state index in [0.29, 0.717) is 28.6 Å². The fourth-order valence-corrected chi connectivity index (χ4v) is 5.83. The van der Waals surface area contributed by atoms with Crippen LogP contribution in [-0.4, -0.2) is 52.5 Å².